The lowest BCUT2D eigenvalue weighted by Crippen LogP contribution is -2.59. The first kappa shape index (κ1) is 17.6. The predicted octanol–water partition coefficient (Wildman–Crippen LogP) is 4.62. The molecule has 1 heterocycles. The van der Waals surface area contributed by atoms with Crippen LogP contribution in [0.25, 0.3) is 0 Å². The molecule has 1 aromatic heterocycles. The van der Waals surface area contributed by atoms with Crippen molar-refractivity contribution in [3.63, 3.8) is 0 Å². The Morgan fingerprint density at radius 2 is 1.92 bits per heavy atom. The number of carbonyl (C=O) groups excluding carboxylic acids is 1. The van der Waals surface area contributed by atoms with Crippen LogP contribution in [0.1, 0.15) is 65.0 Å². The van der Waals surface area contributed by atoms with Crippen molar-refractivity contribution in [1.82, 2.24) is 14.7 Å². The van der Waals surface area contributed by atoms with Gasteiger partial charge in [0.25, 0.3) is 0 Å². The lowest BCUT2D eigenvalue weighted by Gasteiger charge is -2.65. The maximum absolute atomic E-state index is 13.5. The van der Waals surface area contributed by atoms with Crippen molar-refractivity contribution in [2.45, 2.75) is 72.4 Å². The Labute approximate surface area is 159 Å². The van der Waals surface area contributed by atoms with Crippen molar-refractivity contribution < 1.29 is 4.79 Å². The summed E-state index contributed by atoms with van der Waals surface area (Å²) in [6, 6.07) is 0. The summed E-state index contributed by atoms with van der Waals surface area (Å²) in [5.74, 6) is 1.10. The van der Waals surface area contributed by atoms with Gasteiger partial charge in [-0.3, -0.25) is 9.48 Å². The highest BCUT2D eigenvalue weighted by atomic mass is 79.9. The summed E-state index contributed by atoms with van der Waals surface area (Å²) in [4.78, 5) is 15.5. The molecule has 4 aliphatic carbocycles. The van der Waals surface area contributed by atoms with E-state index < -0.39 is 0 Å². The Kier molecular flexibility index (Phi) is 3.92. The molecule has 4 fully saturated rings. The molecule has 2 atom stereocenters. The van der Waals surface area contributed by atoms with Crippen LogP contribution in [0.5, 0.6) is 0 Å². The maximum Gasteiger partial charge on any atom is 0.228 e. The van der Waals surface area contributed by atoms with Crippen LogP contribution in [0.15, 0.2) is 10.7 Å². The lowest BCUT2D eigenvalue weighted by molar-refractivity contribution is -0.178. The Bertz CT molecular complexity index is 694. The minimum Gasteiger partial charge on any atom is -0.339 e. The van der Waals surface area contributed by atoms with E-state index in [0.717, 1.165) is 41.9 Å². The summed E-state index contributed by atoms with van der Waals surface area (Å²) in [7, 11) is 1.96. The van der Waals surface area contributed by atoms with Crippen molar-refractivity contribution in [1.29, 1.82) is 0 Å². The van der Waals surface area contributed by atoms with E-state index in [-0.39, 0.29) is 5.41 Å². The summed E-state index contributed by atoms with van der Waals surface area (Å²) in [6.07, 6.45) is 9.23. The van der Waals surface area contributed by atoms with Gasteiger partial charge in [-0.15, -0.1) is 0 Å². The molecule has 5 heteroatoms. The Hall–Kier alpha value is -0.840. The third kappa shape index (κ3) is 2.87. The van der Waals surface area contributed by atoms with E-state index in [1.165, 1.54) is 19.3 Å². The second-order valence-corrected chi connectivity index (χ2v) is 10.7. The van der Waals surface area contributed by atoms with Crippen LogP contribution >= 0.6 is 15.9 Å². The molecule has 4 aliphatic rings. The first-order valence-corrected chi connectivity index (χ1v) is 10.4. The predicted molar refractivity (Wildman–Crippen MR) is 102 cm³/mol. The fraction of sp³-hybridized carbons (Fsp3) is 0.800. The third-order valence-corrected chi connectivity index (χ3v) is 7.59. The second-order valence-electron chi connectivity index (χ2n) is 9.85. The summed E-state index contributed by atoms with van der Waals surface area (Å²) < 4.78 is 2.92. The Morgan fingerprint density at radius 3 is 2.44 bits per heavy atom. The highest BCUT2D eigenvalue weighted by molar-refractivity contribution is 9.10. The quantitative estimate of drug-likeness (QED) is 0.729. The van der Waals surface area contributed by atoms with Crippen LogP contribution in [0.2, 0.25) is 0 Å². The van der Waals surface area contributed by atoms with Gasteiger partial charge < -0.3 is 4.90 Å². The van der Waals surface area contributed by atoms with Gasteiger partial charge in [0.05, 0.1) is 22.1 Å². The second kappa shape index (κ2) is 5.58. The van der Waals surface area contributed by atoms with Gasteiger partial charge in [0.2, 0.25) is 5.91 Å². The van der Waals surface area contributed by atoms with E-state index in [2.05, 4.69) is 41.8 Å². The van der Waals surface area contributed by atoms with Crippen LogP contribution in [0.3, 0.4) is 0 Å². The Balaban J connectivity index is 1.56. The van der Waals surface area contributed by atoms with Gasteiger partial charge in [0.15, 0.2) is 0 Å². The van der Waals surface area contributed by atoms with Crippen LogP contribution < -0.4 is 0 Å². The average molecular weight is 408 g/mol. The fourth-order valence-electron chi connectivity index (χ4n) is 7.09. The van der Waals surface area contributed by atoms with Gasteiger partial charge in [-0.25, -0.2) is 0 Å². The molecular weight excluding hydrogens is 378 g/mol. The molecule has 1 amide bonds. The van der Waals surface area contributed by atoms with Gasteiger partial charge in [0.1, 0.15) is 0 Å². The smallest absolute Gasteiger partial charge is 0.228 e. The molecule has 25 heavy (non-hydrogen) atoms. The van der Waals surface area contributed by atoms with Crippen molar-refractivity contribution in [2.75, 3.05) is 7.05 Å². The first-order chi connectivity index (χ1) is 11.7. The van der Waals surface area contributed by atoms with E-state index in [0.29, 0.717) is 23.3 Å². The van der Waals surface area contributed by atoms with E-state index in [1.807, 2.05) is 22.8 Å². The van der Waals surface area contributed by atoms with Crippen LogP contribution in [-0.4, -0.2) is 27.6 Å². The standard InChI is InChI=1S/C20H30BrN3O/c1-5-24-9-15(21)16(22-24)10-23(4)17(25)20-8-14-6-18(2,12-20)11-19(3,7-14)13-20/h9,14H,5-8,10-13H2,1-4H3/t14?,18-,19-,20?/m1/s1. The van der Waals surface area contributed by atoms with Gasteiger partial charge in [-0.2, -0.15) is 5.10 Å². The molecule has 0 radical (unpaired) electrons. The first-order valence-electron chi connectivity index (χ1n) is 9.63. The summed E-state index contributed by atoms with van der Waals surface area (Å²) in [5, 5.41) is 4.60. The van der Waals surface area contributed by atoms with Crippen LogP contribution in [0, 0.1) is 22.2 Å². The molecule has 5 rings (SSSR count). The summed E-state index contributed by atoms with van der Waals surface area (Å²) in [5.41, 5.74) is 1.57. The summed E-state index contributed by atoms with van der Waals surface area (Å²) in [6.45, 7) is 8.37. The normalized spacial score (nSPS) is 39.0. The zero-order valence-electron chi connectivity index (χ0n) is 15.9. The molecular formula is C20H30BrN3O. The number of halogens is 1. The average Bonchev–Trinajstić information content (AvgIpc) is 2.83. The number of hydrogen-bond donors (Lipinski definition) is 0. The highest BCUT2D eigenvalue weighted by Gasteiger charge is 2.63. The SMILES string of the molecule is CCn1cc(Br)c(CN(C)C(=O)C23CC4C[C@@](C)(C2)C[C@@](C)(C4)C3)n1. The van der Waals surface area contributed by atoms with Crippen molar-refractivity contribution >= 4 is 21.8 Å². The Morgan fingerprint density at radius 1 is 1.28 bits per heavy atom. The van der Waals surface area contributed by atoms with E-state index in [1.54, 1.807) is 0 Å². The minimum atomic E-state index is -0.128. The van der Waals surface area contributed by atoms with Gasteiger partial charge in [-0.1, -0.05) is 13.8 Å². The molecule has 0 aliphatic heterocycles. The number of carbonyl (C=O) groups is 1. The minimum absolute atomic E-state index is 0.128. The molecule has 0 unspecified atom stereocenters. The number of aryl methyl sites for hydroxylation is 1. The summed E-state index contributed by atoms with van der Waals surface area (Å²) >= 11 is 3.60. The molecule has 0 N–H and O–H groups in total. The molecule has 4 saturated carbocycles. The number of hydrogen-bond acceptors (Lipinski definition) is 2. The highest BCUT2D eigenvalue weighted by Crippen LogP contribution is 2.69. The molecule has 4 bridgehead atoms. The van der Waals surface area contributed by atoms with Crippen molar-refractivity contribution in [3.8, 4) is 0 Å². The van der Waals surface area contributed by atoms with E-state index >= 15 is 0 Å². The van der Waals surface area contributed by atoms with Gasteiger partial charge >= 0.3 is 0 Å². The molecule has 0 aromatic carbocycles. The lowest BCUT2D eigenvalue weighted by atomic mass is 9.40. The molecule has 4 nitrogen and oxygen atoms in total. The fourth-order valence-corrected chi connectivity index (χ4v) is 7.53. The third-order valence-electron chi connectivity index (χ3n) is 6.92. The molecule has 0 saturated heterocycles. The number of aromatic nitrogens is 2. The molecule has 0 spiro atoms. The number of nitrogens with zero attached hydrogens (tertiary/aromatic N) is 3. The zero-order chi connectivity index (χ0) is 18.0. The van der Waals surface area contributed by atoms with E-state index in [9.17, 15) is 4.79 Å². The van der Waals surface area contributed by atoms with Gasteiger partial charge in [-0.05, 0) is 78.1 Å². The maximum atomic E-state index is 13.5. The van der Waals surface area contributed by atoms with Crippen molar-refractivity contribution in [3.05, 3.63) is 16.4 Å². The number of rotatable bonds is 4. The number of amides is 1. The monoisotopic (exact) mass is 407 g/mol. The largest absolute Gasteiger partial charge is 0.339 e. The van der Waals surface area contributed by atoms with Crippen LogP contribution in [0.4, 0.5) is 0 Å². The van der Waals surface area contributed by atoms with Crippen LogP contribution in [-0.2, 0) is 17.9 Å². The zero-order valence-corrected chi connectivity index (χ0v) is 17.5. The van der Waals surface area contributed by atoms with E-state index in [4.69, 9.17) is 0 Å². The molecule has 138 valence electrons. The molecule has 1 aromatic rings. The van der Waals surface area contributed by atoms with Crippen molar-refractivity contribution in [2.24, 2.45) is 22.2 Å². The topological polar surface area (TPSA) is 38.1 Å². The van der Waals surface area contributed by atoms with Gasteiger partial charge in [0, 0.05) is 19.8 Å².